The topological polar surface area (TPSA) is 116 Å². The molecule has 92 valence electrons. The first-order valence-electron chi connectivity index (χ1n) is 4.98. The summed E-state index contributed by atoms with van der Waals surface area (Å²) in [6, 6.07) is 6.48. The zero-order valence-electron chi connectivity index (χ0n) is 9.13. The van der Waals surface area contributed by atoms with Crippen LogP contribution in [0.25, 0.3) is 0 Å². The lowest BCUT2D eigenvalue weighted by Gasteiger charge is -2.13. The SMILES string of the molecule is NC(=O)OC(CO)Cc1ccc(C(N)=O)cc1. The van der Waals surface area contributed by atoms with Crippen molar-refractivity contribution in [3.05, 3.63) is 35.4 Å². The Kier molecular flexibility index (Phi) is 4.47. The molecule has 0 saturated heterocycles. The second-order valence-electron chi connectivity index (χ2n) is 3.51. The number of ether oxygens (including phenoxy) is 1. The number of carbonyl (C=O) groups is 2. The van der Waals surface area contributed by atoms with E-state index in [1.165, 1.54) is 0 Å². The van der Waals surface area contributed by atoms with Gasteiger partial charge < -0.3 is 21.3 Å². The number of nitrogens with two attached hydrogens (primary N) is 2. The van der Waals surface area contributed by atoms with Crippen molar-refractivity contribution in [1.29, 1.82) is 0 Å². The standard InChI is InChI=1S/C11H14N2O4/c12-10(15)8-3-1-7(2-4-8)5-9(6-14)17-11(13)16/h1-4,9,14H,5-6H2,(H2,12,15)(H2,13,16). The number of hydrogen-bond acceptors (Lipinski definition) is 4. The summed E-state index contributed by atoms with van der Waals surface area (Å²) in [5.41, 5.74) is 11.1. The zero-order valence-corrected chi connectivity index (χ0v) is 9.13. The third-order valence-electron chi connectivity index (χ3n) is 2.19. The average Bonchev–Trinajstić information content (AvgIpc) is 2.28. The summed E-state index contributed by atoms with van der Waals surface area (Å²) in [6.07, 6.45) is -1.30. The monoisotopic (exact) mass is 238 g/mol. The third kappa shape index (κ3) is 4.12. The fourth-order valence-electron chi connectivity index (χ4n) is 1.38. The van der Waals surface area contributed by atoms with Crippen molar-refractivity contribution in [2.24, 2.45) is 11.5 Å². The summed E-state index contributed by atoms with van der Waals surface area (Å²) < 4.78 is 4.68. The molecule has 0 bridgehead atoms. The van der Waals surface area contributed by atoms with Gasteiger partial charge in [-0.2, -0.15) is 0 Å². The molecule has 0 aromatic heterocycles. The number of rotatable bonds is 5. The van der Waals surface area contributed by atoms with Crippen molar-refractivity contribution < 1.29 is 19.4 Å². The van der Waals surface area contributed by atoms with Crippen LogP contribution in [0.1, 0.15) is 15.9 Å². The Labute approximate surface area is 98.2 Å². The summed E-state index contributed by atoms with van der Waals surface area (Å²) in [5, 5.41) is 8.97. The van der Waals surface area contributed by atoms with Gasteiger partial charge in [0.05, 0.1) is 6.61 Å². The van der Waals surface area contributed by atoms with Crippen LogP contribution in [0.3, 0.4) is 0 Å². The van der Waals surface area contributed by atoms with Gasteiger partial charge in [0.25, 0.3) is 0 Å². The van der Waals surface area contributed by atoms with Crippen LogP contribution >= 0.6 is 0 Å². The maximum absolute atomic E-state index is 10.8. The molecule has 0 radical (unpaired) electrons. The molecule has 6 heteroatoms. The second kappa shape index (κ2) is 5.86. The summed E-state index contributed by atoms with van der Waals surface area (Å²) in [5.74, 6) is -0.511. The summed E-state index contributed by atoms with van der Waals surface area (Å²) >= 11 is 0. The number of amides is 2. The van der Waals surface area contributed by atoms with Gasteiger partial charge in [-0.3, -0.25) is 4.79 Å². The number of benzene rings is 1. The lowest BCUT2D eigenvalue weighted by Crippen LogP contribution is -2.27. The third-order valence-corrected chi connectivity index (χ3v) is 2.19. The maximum Gasteiger partial charge on any atom is 0.404 e. The first-order chi connectivity index (χ1) is 8.02. The number of aliphatic hydroxyl groups excluding tert-OH is 1. The van der Waals surface area contributed by atoms with Crippen LogP contribution in [0, 0.1) is 0 Å². The molecule has 0 saturated carbocycles. The highest BCUT2D eigenvalue weighted by molar-refractivity contribution is 5.92. The zero-order chi connectivity index (χ0) is 12.8. The number of primary amides is 2. The van der Waals surface area contributed by atoms with Crippen molar-refractivity contribution in [1.82, 2.24) is 0 Å². The predicted molar refractivity (Wildman–Crippen MR) is 60.2 cm³/mol. The lowest BCUT2D eigenvalue weighted by atomic mass is 10.1. The number of aliphatic hydroxyl groups is 1. The Hall–Kier alpha value is -2.08. The van der Waals surface area contributed by atoms with Crippen LogP contribution in [-0.4, -0.2) is 29.8 Å². The van der Waals surface area contributed by atoms with Crippen molar-refractivity contribution >= 4 is 12.0 Å². The molecule has 0 aliphatic carbocycles. The van der Waals surface area contributed by atoms with E-state index in [0.717, 1.165) is 5.56 Å². The molecule has 5 N–H and O–H groups in total. The first-order valence-corrected chi connectivity index (χ1v) is 4.98. The van der Waals surface area contributed by atoms with E-state index in [9.17, 15) is 9.59 Å². The normalized spacial score (nSPS) is 11.8. The number of carbonyl (C=O) groups excluding carboxylic acids is 2. The van der Waals surface area contributed by atoms with E-state index in [1.807, 2.05) is 0 Å². The van der Waals surface area contributed by atoms with Gasteiger partial charge in [0.1, 0.15) is 6.10 Å². The van der Waals surface area contributed by atoms with Gasteiger partial charge in [-0.05, 0) is 17.7 Å². The quantitative estimate of drug-likeness (QED) is 0.657. The van der Waals surface area contributed by atoms with Crippen LogP contribution in [0.4, 0.5) is 4.79 Å². The van der Waals surface area contributed by atoms with E-state index in [-0.39, 0.29) is 6.61 Å². The molecule has 6 nitrogen and oxygen atoms in total. The molecule has 0 aliphatic heterocycles. The van der Waals surface area contributed by atoms with Crippen molar-refractivity contribution in [2.45, 2.75) is 12.5 Å². The molecule has 1 aromatic rings. The Morgan fingerprint density at radius 3 is 2.24 bits per heavy atom. The molecule has 1 atom stereocenters. The van der Waals surface area contributed by atoms with E-state index in [1.54, 1.807) is 24.3 Å². The molecule has 0 spiro atoms. The first kappa shape index (κ1) is 13.0. The minimum atomic E-state index is -0.933. The number of hydrogen-bond donors (Lipinski definition) is 3. The van der Waals surface area contributed by atoms with Gasteiger partial charge in [0, 0.05) is 12.0 Å². The molecular formula is C11H14N2O4. The molecule has 0 aliphatic rings. The van der Waals surface area contributed by atoms with Crippen LogP contribution in [0.15, 0.2) is 24.3 Å². The molecular weight excluding hydrogens is 224 g/mol. The summed E-state index contributed by atoms with van der Waals surface area (Å²) in [6.45, 7) is -0.319. The molecule has 1 unspecified atom stereocenters. The molecule has 1 aromatic carbocycles. The molecule has 0 heterocycles. The van der Waals surface area contributed by atoms with Gasteiger partial charge in [-0.25, -0.2) is 4.79 Å². The fourth-order valence-corrected chi connectivity index (χ4v) is 1.38. The summed E-state index contributed by atoms with van der Waals surface area (Å²) in [4.78, 5) is 21.4. The van der Waals surface area contributed by atoms with Crippen LogP contribution in [0.2, 0.25) is 0 Å². The molecule has 17 heavy (non-hydrogen) atoms. The molecule has 0 fully saturated rings. The van der Waals surface area contributed by atoms with Crippen molar-refractivity contribution in [3.63, 3.8) is 0 Å². The van der Waals surface area contributed by atoms with E-state index >= 15 is 0 Å². The van der Waals surface area contributed by atoms with Gasteiger partial charge in [-0.15, -0.1) is 0 Å². The highest BCUT2D eigenvalue weighted by Gasteiger charge is 2.12. The van der Waals surface area contributed by atoms with Crippen LogP contribution in [0.5, 0.6) is 0 Å². The Morgan fingerprint density at radius 1 is 1.24 bits per heavy atom. The minimum absolute atomic E-state index is 0.318. The van der Waals surface area contributed by atoms with Gasteiger partial charge in [-0.1, -0.05) is 12.1 Å². The molecule has 2 amide bonds. The van der Waals surface area contributed by atoms with Crippen LogP contribution in [-0.2, 0) is 11.2 Å². The van der Waals surface area contributed by atoms with E-state index in [0.29, 0.717) is 12.0 Å². The van der Waals surface area contributed by atoms with E-state index in [4.69, 9.17) is 16.6 Å². The smallest absolute Gasteiger partial charge is 0.404 e. The van der Waals surface area contributed by atoms with Gasteiger partial charge in [0.15, 0.2) is 0 Å². The highest BCUT2D eigenvalue weighted by atomic mass is 16.6. The van der Waals surface area contributed by atoms with E-state index < -0.39 is 18.1 Å². The van der Waals surface area contributed by atoms with Gasteiger partial charge in [0.2, 0.25) is 5.91 Å². The summed E-state index contributed by atoms with van der Waals surface area (Å²) in [7, 11) is 0. The minimum Gasteiger partial charge on any atom is -0.444 e. The highest BCUT2D eigenvalue weighted by Crippen LogP contribution is 2.08. The average molecular weight is 238 g/mol. The largest absolute Gasteiger partial charge is 0.444 e. The van der Waals surface area contributed by atoms with Crippen LogP contribution < -0.4 is 11.5 Å². The Morgan fingerprint density at radius 2 is 1.82 bits per heavy atom. The predicted octanol–water partition coefficient (Wildman–Crippen LogP) is -0.216. The van der Waals surface area contributed by atoms with Gasteiger partial charge >= 0.3 is 6.09 Å². The Balaban J connectivity index is 2.67. The van der Waals surface area contributed by atoms with Crippen molar-refractivity contribution in [2.75, 3.05) is 6.61 Å². The maximum atomic E-state index is 10.8. The second-order valence-corrected chi connectivity index (χ2v) is 3.51. The Bertz CT molecular complexity index is 402. The molecule has 1 rings (SSSR count). The van der Waals surface area contributed by atoms with Crippen molar-refractivity contribution in [3.8, 4) is 0 Å². The lowest BCUT2D eigenvalue weighted by molar-refractivity contribution is 0.0639. The fraction of sp³-hybridized carbons (Fsp3) is 0.273. The van der Waals surface area contributed by atoms with E-state index in [2.05, 4.69) is 4.74 Å².